The van der Waals surface area contributed by atoms with Crippen LogP contribution in [-0.2, 0) is 16.4 Å². The van der Waals surface area contributed by atoms with Gasteiger partial charge in [0.05, 0.1) is 4.90 Å². The van der Waals surface area contributed by atoms with Crippen LogP contribution in [-0.4, -0.2) is 21.7 Å². The average Bonchev–Trinajstić information content (AvgIpc) is 2.42. The van der Waals surface area contributed by atoms with Crippen molar-refractivity contribution in [3.63, 3.8) is 0 Å². The number of halogens is 1. The Bertz CT molecular complexity index is 730. The number of hydrogen-bond donors (Lipinski definition) is 1. The Morgan fingerprint density at radius 1 is 0.955 bits per heavy atom. The summed E-state index contributed by atoms with van der Waals surface area (Å²) < 4.78 is 23.0. The van der Waals surface area contributed by atoms with Gasteiger partial charge in [0.15, 0.2) is 9.84 Å². The maximum absolute atomic E-state index is 11.5. The van der Waals surface area contributed by atoms with Crippen molar-refractivity contribution in [3.05, 3.63) is 53.1 Å². The van der Waals surface area contributed by atoms with Gasteiger partial charge in [-0.15, -0.1) is 12.4 Å². The predicted molar refractivity (Wildman–Crippen MR) is 94.5 cm³/mol. The zero-order valence-electron chi connectivity index (χ0n) is 13.3. The first-order valence-electron chi connectivity index (χ1n) is 6.88. The standard InChI is InChI=1S/C17H21NO2S.ClH/c1-12-9-15(10-13(2)17(12)11-18-3)14-5-7-16(8-6-14)21(4,19)20;/h5-10,18H,11H2,1-4H3;1H. The molecule has 5 heteroatoms. The molecule has 0 fully saturated rings. The van der Waals surface area contributed by atoms with Crippen molar-refractivity contribution in [2.24, 2.45) is 0 Å². The molecule has 0 saturated heterocycles. The number of hydrogen-bond acceptors (Lipinski definition) is 3. The minimum atomic E-state index is -3.14. The molecule has 0 unspecified atom stereocenters. The highest BCUT2D eigenvalue weighted by Crippen LogP contribution is 2.26. The summed E-state index contributed by atoms with van der Waals surface area (Å²) in [6.07, 6.45) is 1.23. The Kier molecular flexibility index (Phi) is 6.17. The van der Waals surface area contributed by atoms with E-state index in [-0.39, 0.29) is 12.4 Å². The number of nitrogens with one attached hydrogen (secondary N) is 1. The first-order valence-corrected chi connectivity index (χ1v) is 8.77. The minimum absolute atomic E-state index is 0. The van der Waals surface area contributed by atoms with Crippen LogP contribution in [0.2, 0.25) is 0 Å². The van der Waals surface area contributed by atoms with Gasteiger partial charge in [-0.2, -0.15) is 0 Å². The van der Waals surface area contributed by atoms with E-state index >= 15 is 0 Å². The summed E-state index contributed by atoms with van der Waals surface area (Å²) >= 11 is 0. The van der Waals surface area contributed by atoms with Crippen molar-refractivity contribution < 1.29 is 8.42 Å². The van der Waals surface area contributed by atoms with E-state index in [4.69, 9.17) is 0 Å². The summed E-state index contributed by atoms with van der Waals surface area (Å²) in [6.45, 7) is 5.06. The molecule has 0 atom stereocenters. The maximum atomic E-state index is 11.5. The molecule has 0 aliphatic rings. The summed E-state index contributed by atoms with van der Waals surface area (Å²) in [5.74, 6) is 0. The summed E-state index contributed by atoms with van der Waals surface area (Å²) in [6, 6.07) is 11.3. The fourth-order valence-corrected chi connectivity index (χ4v) is 3.14. The van der Waals surface area contributed by atoms with Crippen LogP contribution < -0.4 is 5.32 Å². The van der Waals surface area contributed by atoms with Crippen molar-refractivity contribution in [3.8, 4) is 11.1 Å². The zero-order valence-corrected chi connectivity index (χ0v) is 14.9. The SMILES string of the molecule is CNCc1c(C)cc(-c2ccc(S(C)(=O)=O)cc2)cc1C.Cl. The molecule has 1 N–H and O–H groups in total. The van der Waals surface area contributed by atoms with Gasteiger partial charge in [0.1, 0.15) is 0 Å². The lowest BCUT2D eigenvalue weighted by atomic mass is 9.95. The van der Waals surface area contributed by atoms with Gasteiger partial charge >= 0.3 is 0 Å². The smallest absolute Gasteiger partial charge is 0.175 e. The Labute approximate surface area is 139 Å². The van der Waals surface area contributed by atoms with Gasteiger partial charge in [-0.05, 0) is 60.8 Å². The highest BCUT2D eigenvalue weighted by molar-refractivity contribution is 7.90. The fraction of sp³-hybridized carbons (Fsp3) is 0.294. The number of aryl methyl sites for hydroxylation is 2. The first-order chi connectivity index (χ1) is 9.82. The van der Waals surface area contributed by atoms with Crippen molar-refractivity contribution >= 4 is 22.2 Å². The van der Waals surface area contributed by atoms with Crippen LogP contribution in [0.4, 0.5) is 0 Å². The van der Waals surface area contributed by atoms with E-state index in [9.17, 15) is 8.42 Å². The van der Waals surface area contributed by atoms with E-state index in [1.165, 1.54) is 22.9 Å². The van der Waals surface area contributed by atoms with Crippen LogP contribution in [0.5, 0.6) is 0 Å². The topological polar surface area (TPSA) is 46.2 Å². The molecule has 0 spiro atoms. The van der Waals surface area contributed by atoms with Crippen LogP contribution in [0.1, 0.15) is 16.7 Å². The molecule has 0 saturated carbocycles. The van der Waals surface area contributed by atoms with Crippen LogP contribution in [0.3, 0.4) is 0 Å². The molecule has 3 nitrogen and oxygen atoms in total. The molecule has 2 rings (SSSR count). The Balaban J connectivity index is 0.00000242. The van der Waals surface area contributed by atoms with E-state index in [1.807, 2.05) is 19.2 Å². The molecule has 0 bridgehead atoms. The quantitative estimate of drug-likeness (QED) is 0.927. The van der Waals surface area contributed by atoms with Gasteiger partial charge in [-0.3, -0.25) is 0 Å². The van der Waals surface area contributed by atoms with E-state index in [2.05, 4.69) is 31.3 Å². The van der Waals surface area contributed by atoms with Gasteiger partial charge in [0.25, 0.3) is 0 Å². The molecule has 0 aliphatic carbocycles. The summed E-state index contributed by atoms with van der Waals surface area (Å²) in [5, 5.41) is 3.18. The Morgan fingerprint density at radius 2 is 1.45 bits per heavy atom. The summed E-state index contributed by atoms with van der Waals surface area (Å²) in [4.78, 5) is 0.353. The van der Waals surface area contributed by atoms with Crippen molar-refractivity contribution in [1.82, 2.24) is 5.32 Å². The van der Waals surface area contributed by atoms with Crippen LogP contribution >= 0.6 is 12.4 Å². The molecule has 120 valence electrons. The molecular formula is C17H22ClNO2S. The largest absolute Gasteiger partial charge is 0.316 e. The van der Waals surface area contributed by atoms with Crippen LogP contribution in [0.15, 0.2) is 41.3 Å². The lowest BCUT2D eigenvalue weighted by molar-refractivity contribution is 0.602. The third-order valence-electron chi connectivity index (χ3n) is 3.67. The second-order valence-corrected chi connectivity index (χ2v) is 7.43. The highest BCUT2D eigenvalue weighted by Gasteiger charge is 2.09. The normalized spacial score (nSPS) is 11.1. The van der Waals surface area contributed by atoms with Crippen molar-refractivity contribution in [2.45, 2.75) is 25.3 Å². The van der Waals surface area contributed by atoms with E-state index in [0.29, 0.717) is 4.90 Å². The van der Waals surface area contributed by atoms with E-state index < -0.39 is 9.84 Å². The van der Waals surface area contributed by atoms with Crippen LogP contribution in [0.25, 0.3) is 11.1 Å². The average molecular weight is 340 g/mol. The molecule has 0 aliphatic heterocycles. The lowest BCUT2D eigenvalue weighted by Crippen LogP contribution is -2.08. The highest BCUT2D eigenvalue weighted by atomic mass is 35.5. The number of rotatable bonds is 4. The van der Waals surface area contributed by atoms with Crippen molar-refractivity contribution in [1.29, 1.82) is 0 Å². The molecule has 0 amide bonds. The number of benzene rings is 2. The minimum Gasteiger partial charge on any atom is -0.316 e. The molecule has 2 aromatic carbocycles. The number of sulfone groups is 1. The second kappa shape index (κ2) is 7.27. The predicted octanol–water partition coefficient (Wildman–Crippen LogP) is 3.52. The van der Waals surface area contributed by atoms with Gasteiger partial charge in [-0.25, -0.2) is 8.42 Å². The molecule has 0 heterocycles. The second-order valence-electron chi connectivity index (χ2n) is 5.42. The summed E-state index contributed by atoms with van der Waals surface area (Å²) in [7, 11) is -1.20. The van der Waals surface area contributed by atoms with E-state index in [1.54, 1.807) is 12.1 Å². The molecule has 0 radical (unpaired) electrons. The van der Waals surface area contributed by atoms with Crippen LogP contribution in [0, 0.1) is 13.8 Å². The summed E-state index contributed by atoms with van der Waals surface area (Å²) in [5.41, 5.74) is 5.95. The zero-order chi connectivity index (χ0) is 15.6. The lowest BCUT2D eigenvalue weighted by Gasteiger charge is -2.13. The first kappa shape index (κ1) is 18.7. The third-order valence-corrected chi connectivity index (χ3v) is 4.79. The van der Waals surface area contributed by atoms with Gasteiger partial charge < -0.3 is 5.32 Å². The van der Waals surface area contributed by atoms with E-state index in [0.717, 1.165) is 17.7 Å². The molecule has 2 aromatic rings. The van der Waals surface area contributed by atoms with Crippen molar-refractivity contribution in [2.75, 3.05) is 13.3 Å². The van der Waals surface area contributed by atoms with Gasteiger partial charge in [-0.1, -0.05) is 24.3 Å². The molecule has 0 aromatic heterocycles. The monoisotopic (exact) mass is 339 g/mol. The fourth-order valence-electron chi connectivity index (χ4n) is 2.51. The van der Waals surface area contributed by atoms with Gasteiger partial charge in [0.2, 0.25) is 0 Å². The molecular weight excluding hydrogens is 318 g/mol. The Morgan fingerprint density at radius 3 is 1.86 bits per heavy atom. The maximum Gasteiger partial charge on any atom is 0.175 e. The van der Waals surface area contributed by atoms with Gasteiger partial charge in [0, 0.05) is 12.8 Å². The Hall–Kier alpha value is -1.36. The third kappa shape index (κ3) is 4.09. The molecule has 22 heavy (non-hydrogen) atoms.